The Bertz CT molecular complexity index is 179. The molecule has 0 unspecified atom stereocenters. The molecule has 74 valence electrons. The van der Waals surface area contributed by atoms with Gasteiger partial charge in [0.1, 0.15) is 0 Å². The van der Waals surface area contributed by atoms with Crippen molar-refractivity contribution in [1.29, 1.82) is 0 Å². The Morgan fingerprint density at radius 1 is 1.62 bits per heavy atom. The summed E-state index contributed by atoms with van der Waals surface area (Å²) in [7, 11) is 0. The van der Waals surface area contributed by atoms with Crippen molar-refractivity contribution in [3.63, 3.8) is 0 Å². The number of likely N-dealkylation sites (N-methyl/N-ethyl adjacent to an activating group) is 1. The van der Waals surface area contributed by atoms with Gasteiger partial charge in [0.2, 0.25) is 0 Å². The standard InChI is InChI=1S/C11H20N2/c1-5-7-12-8-9-13(6-2)10-11(3)4/h1,12H,3,6-10H2,2,4H3. The molecule has 0 atom stereocenters. The van der Waals surface area contributed by atoms with E-state index in [4.69, 9.17) is 6.42 Å². The number of terminal acetylenes is 1. The monoisotopic (exact) mass is 180 g/mol. The average Bonchev–Trinajstić information content (AvgIpc) is 2.09. The maximum absolute atomic E-state index is 5.12. The minimum Gasteiger partial charge on any atom is -0.305 e. The lowest BCUT2D eigenvalue weighted by molar-refractivity contribution is 0.313. The van der Waals surface area contributed by atoms with Crippen LogP contribution in [-0.4, -0.2) is 37.6 Å². The van der Waals surface area contributed by atoms with Crippen molar-refractivity contribution in [3.05, 3.63) is 12.2 Å². The first-order valence-corrected chi connectivity index (χ1v) is 4.71. The summed E-state index contributed by atoms with van der Waals surface area (Å²) in [5.74, 6) is 2.55. The minimum atomic E-state index is 0.657. The van der Waals surface area contributed by atoms with E-state index in [1.807, 2.05) is 0 Å². The second kappa shape index (κ2) is 7.85. The summed E-state index contributed by atoms with van der Waals surface area (Å²) >= 11 is 0. The van der Waals surface area contributed by atoms with Gasteiger partial charge in [0, 0.05) is 19.6 Å². The fraction of sp³-hybridized carbons (Fsp3) is 0.636. The number of hydrogen-bond donors (Lipinski definition) is 1. The highest BCUT2D eigenvalue weighted by molar-refractivity contribution is 4.92. The Morgan fingerprint density at radius 2 is 2.31 bits per heavy atom. The van der Waals surface area contributed by atoms with Crippen molar-refractivity contribution in [1.82, 2.24) is 10.2 Å². The molecule has 0 rings (SSSR count). The van der Waals surface area contributed by atoms with Crippen molar-refractivity contribution >= 4 is 0 Å². The van der Waals surface area contributed by atoms with E-state index >= 15 is 0 Å². The number of nitrogens with one attached hydrogen (secondary N) is 1. The molecule has 2 heteroatoms. The summed E-state index contributed by atoms with van der Waals surface area (Å²) in [5, 5.41) is 3.17. The molecule has 13 heavy (non-hydrogen) atoms. The number of rotatable bonds is 7. The van der Waals surface area contributed by atoms with Crippen LogP contribution in [0.1, 0.15) is 13.8 Å². The van der Waals surface area contributed by atoms with Crippen LogP contribution in [0.25, 0.3) is 0 Å². The molecule has 0 radical (unpaired) electrons. The molecule has 0 aromatic rings. The third-order valence-corrected chi connectivity index (χ3v) is 1.77. The lowest BCUT2D eigenvalue weighted by Gasteiger charge is -2.20. The topological polar surface area (TPSA) is 15.3 Å². The van der Waals surface area contributed by atoms with E-state index in [-0.39, 0.29) is 0 Å². The van der Waals surface area contributed by atoms with Crippen molar-refractivity contribution in [2.75, 3.05) is 32.7 Å². The normalized spacial score (nSPS) is 10.0. The summed E-state index contributed by atoms with van der Waals surface area (Å²) in [4.78, 5) is 2.34. The minimum absolute atomic E-state index is 0.657. The highest BCUT2D eigenvalue weighted by atomic mass is 15.1. The predicted octanol–water partition coefficient (Wildman–Crippen LogP) is 1.11. The largest absolute Gasteiger partial charge is 0.305 e. The van der Waals surface area contributed by atoms with Crippen molar-refractivity contribution in [3.8, 4) is 12.3 Å². The van der Waals surface area contributed by atoms with E-state index in [0.717, 1.165) is 26.2 Å². The molecule has 1 N–H and O–H groups in total. The van der Waals surface area contributed by atoms with Crippen molar-refractivity contribution in [2.24, 2.45) is 0 Å². The average molecular weight is 180 g/mol. The van der Waals surface area contributed by atoms with Gasteiger partial charge in [-0.3, -0.25) is 4.90 Å². The van der Waals surface area contributed by atoms with Gasteiger partial charge in [-0.1, -0.05) is 25.0 Å². The van der Waals surface area contributed by atoms with Gasteiger partial charge in [-0.05, 0) is 13.5 Å². The van der Waals surface area contributed by atoms with Crippen LogP contribution < -0.4 is 5.32 Å². The first kappa shape index (κ1) is 12.2. The quantitative estimate of drug-likeness (QED) is 0.359. The van der Waals surface area contributed by atoms with Gasteiger partial charge in [0.15, 0.2) is 0 Å². The second-order valence-corrected chi connectivity index (χ2v) is 3.21. The molecule has 2 nitrogen and oxygen atoms in total. The van der Waals surface area contributed by atoms with E-state index in [2.05, 4.69) is 36.6 Å². The third kappa shape index (κ3) is 7.58. The van der Waals surface area contributed by atoms with Crippen LogP contribution in [0, 0.1) is 12.3 Å². The SMILES string of the molecule is C#CCNCCN(CC)CC(=C)C. The molecule has 0 bridgehead atoms. The Kier molecular flexibility index (Phi) is 7.38. The molecular formula is C11H20N2. The molecular weight excluding hydrogens is 160 g/mol. The first-order valence-electron chi connectivity index (χ1n) is 4.71. The summed E-state index contributed by atoms with van der Waals surface area (Å²) in [5.41, 5.74) is 1.21. The van der Waals surface area contributed by atoms with Gasteiger partial charge in [-0.2, -0.15) is 0 Å². The fourth-order valence-corrected chi connectivity index (χ4v) is 1.13. The van der Waals surface area contributed by atoms with Gasteiger partial charge in [-0.25, -0.2) is 0 Å². The summed E-state index contributed by atoms with van der Waals surface area (Å²) in [6, 6.07) is 0. The molecule has 0 spiro atoms. The zero-order valence-electron chi connectivity index (χ0n) is 8.77. The van der Waals surface area contributed by atoms with Crippen LogP contribution in [0.2, 0.25) is 0 Å². The second-order valence-electron chi connectivity index (χ2n) is 3.21. The third-order valence-electron chi connectivity index (χ3n) is 1.77. The fourth-order valence-electron chi connectivity index (χ4n) is 1.13. The van der Waals surface area contributed by atoms with Crippen molar-refractivity contribution < 1.29 is 0 Å². The molecule has 0 aromatic carbocycles. The first-order chi connectivity index (χ1) is 6.20. The van der Waals surface area contributed by atoms with Crippen LogP contribution in [0.4, 0.5) is 0 Å². The Hall–Kier alpha value is -0.780. The van der Waals surface area contributed by atoms with Gasteiger partial charge in [0.25, 0.3) is 0 Å². The molecule has 0 aromatic heterocycles. The molecule has 0 aliphatic heterocycles. The summed E-state index contributed by atoms with van der Waals surface area (Å²) < 4.78 is 0. The Labute approximate surface area is 82.0 Å². The van der Waals surface area contributed by atoms with Crippen LogP contribution in [0.5, 0.6) is 0 Å². The molecule has 0 heterocycles. The lowest BCUT2D eigenvalue weighted by Crippen LogP contribution is -2.33. The van der Waals surface area contributed by atoms with Crippen LogP contribution in [-0.2, 0) is 0 Å². The molecule has 0 saturated heterocycles. The smallest absolute Gasteiger partial charge is 0.0574 e. The van der Waals surface area contributed by atoms with Crippen LogP contribution >= 0.6 is 0 Å². The van der Waals surface area contributed by atoms with E-state index in [0.29, 0.717) is 6.54 Å². The molecule has 0 fully saturated rings. The molecule has 0 aliphatic rings. The maximum Gasteiger partial charge on any atom is 0.0574 e. The Morgan fingerprint density at radius 3 is 2.77 bits per heavy atom. The van der Waals surface area contributed by atoms with Gasteiger partial charge in [0.05, 0.1) is 6.54 Å². The highest BCUT2D eigenvalue weighted by Crippen LogP contribution is 1.93. The summed E-state index contributed by atoms with van der Waals surface area (Å²) in [6.07, 6.45) is 5.12. The van der Waals surface area contributed by atoms with E-state index in [1.54, 1.807) is 0 Å². The zero-order valence-corrected chi connectivity index (χ0v) is 8.77. The number of hydrogen-bond acceptors (Lipinski definition) is 2. The predicted molar refractivity (Wildman–Crippen MR) is 58.6 cm³/mol. The molecule has 0 saturated carbocycles. The number of nitrogens with zero attached hydrogens (tertiary/aromatic N) is 1. The maximum atomic E-state index is 5.12. The summed E-state index contributed by atoms with van der Waals surface area (Å²) in [6.45, 7) is 12.8. The highest BCUT2D eigenvalue weighted by Gasteiger charge is 2.00. The van der Waals surface area contributed by atoms with E-state index in [9.17, 15) is 0 Å². The van der Waals surface area contributed by atoms with Gasteiger partial charge >= 0.3 is 0 Å². The van der Waals surface area contributed by atoms with Gasteiger partial charge in [-0.15, -0.1) is 6.42 Å². The zero-order chi connectivity index (χ0) is 10.1. The van der Waals surface area contributed by atoms with E-state index < -0.39 is 0 Å². The van der Waals surface area contributed by atoms with Crippen LogP contribution in [0.15, 0.2) is 12.2 Å². The Balaban J connectivity index is 3.49. The van der Waals surface area contributed by atoms with Crippen molar-refractivity contribution in [2.45, 2.75) is 13.8 Å². The molecule has 0 aliphatic carbocycles. The lowest BCUT2D eigenvalue weighted by atomic mass is 10.3. The molecule has 0 amide bonds. The van der Waals surface area contributed by atoms with Gasteiger partial charge < -0.3 is 5.32 Å². The van der Waals surface area contributed by atoms with E-state index in [1.165, 1.54) is 5.57 Å². The van der Waals surface area contributed by atoms with Crippen LogP contribution in [0.3, 0.4) is 0 Å².